The maximum Gasteiger partial charge on any atom is 0.257 e. The lowest BCUT2D eigenvalue weighted by molar-refractivity contribution is -0.137. The van der Waals surface area contributed by atoms with Gasteiger partial charge in [0.2, 0.25) is 11.8 Å². The summed E-state index contributed by atoms with van der Waals surface area (Å²) in [5, 5.41) is 8.38. The van der Waals surface area contributed by atoms with Gasteiger partial charge < -0.3 is 58.7 Å². The van der Waals surface area contributed by atoms with E-state index in [9.17, 15) is 28.8 Å². The maximum absolute atomic E-state index is 13.6. The molecule has 4 aliphatic rings. The van der Waals surface area contributed by atoms with E-state index < -0.39 is 11.8 Å². The number of carbonyl (C=O) groups excluding carboxylic acids is 6. The van der Waals surface area contributed by atoms with Crippen LogP contribution >= 0.6 is 0 Å². The molecular formula is C57H65N7O14. The van der Waals surface area contributed by atoms with Crippen LogP contribution in [-0.4, -0.2) is 164 Å². The molecule has 21 nitrogen and oxygen atoms in total. The molecule has 4 aliphatic heterocycles. The van der Waals surface area contributed by atoms with Gasteiger partial charge in [0, 0.05) is 81.3 Å². The quantitative estimate of drug-likeness (QED) is 0.0413. The number of aliphatic imine (C=N–C) groups is 2. The van der Waals surface area contributed by atoms with Crippen molar-refractivity contribution in [1.82, 2.24) is 25.8 Å². The van der Waals surface area contributed by atoms with Crippen LogP contribution in [0.3, 0.4) is 0 Å². The van der Waals surface area contributed by atoms with Gasteiger partial charge in [-0.25, -0.2) is 0 Å². The van der Waals surface area contributed by atoms with Gasteiger partial charge in [-0.1, -0.05) is 36.1 Å². The van der Waals surface area contributed by atoms with Crippen LogP contribution in [0.15, 0.2) is 88.9 Å². The Kier molecular flexibility index (Phi) is 21.7. The Labute approximate surface area is 453 Å². The summed E-state index contributed by atoms with van der Waals surface area (Å²) in [5.74, 6) is 5.83. The fraction of sp³-hybridized carbons (Fsp3) is 0.404. The number of hydrogen-bond acceptors (Lipinski definition) is 16. The first kappa shape index (κ1) is 57.5. The lowest BCUT2D eigenvalue weighted by Crippen LogP contribution is -2.35. The molecule has 1 atom stereocenters. The predicted octanol–water partition coefficient (Wildman–Crippen LogP) is 4.49. The Morgan fingerprint density at radius 2 is 1.31 bits per heavy atom. The Morgan fingerprint density at radius 3 is 1.96 bits per heavy atom. The molecule has 1 fully saturated rings. The zero-order valence-corrected chi connectivity index (χ0v) is 44.0. The molecule has 0 radical (unpaired) electrons. The van der Waals surface area contributed by atoms with Crippen LogP contribution in [0, 0.1) is 11.8 Å². The molecule has 3 N–H and O–H groups in total. The fourth-order valence-corrected chi connectivity index (χ4v) is 8.38. The zero-order valence-electron chi connectivity index (χ0n) is 44.0. The third-order valence-corrected chi connectivity index (χ3v) is 12.4. The number of imide groups is 1. The molecule has 6 amide bonds. The van der Waals surface area contributed by atoms with Crippen LogP contribution in [0.25, 0.3) is 0 Å². The summed E-state index contributed by atoms with van der Waals surface area (Å²) in [6.07, 6.45) is 8.05. The molecule has 78 heavy (non-hydrogen) atoms. The lowest BCUT2D eigenvalue weighted by Gasteiger charge is -2.20. The van der Waals surface area contributed by atoms with Crippen LogP contribution in [0.4, 0.5) is 11.4 Å². The van der Waals surface area contributed by atoms with E-state index in [1.807, 2.05) is 18.2 Å². The average Bonchev–Trinajstić information content (AvgIpc) is 3.95. The minimum Gasteiger partial charge on any atom is -0.493 e. The molecule has 4 heterocycles. The van der Waals surface area contributed by atoms with Crippen LogP contribution in [0.2, 0.25) is 0 Å². The molecule has 0 aliphatic carbocycles. The van der Waals surface area contributed by atoms with Crippen LogP contribution in [0.1, 0.15) is 69.5 Å². The first-order valence-electron chi connectivity index (χ1n) is 25.6. The van der Waals surface area contributed by atoms with Crippen molar-refractivity contribution in [2.75, 3.05) is 99.8 Å². The summed E-state index contributed by atoms with van der Waals surface area (Å²) in [4.78, 5) is 86.5. The SMILES string of the molecule is C=C1CCC=Nc2cc(OCc3cc(C#CCNC(=O)CCOCCOCCOCCOCCNC(=O)CCN4C(=O)C=CC4=O)cc(COc4cc5c(cc4OC)C(=O)N4CC(=C)C[C@H]4C=N5)c3)c(OC)cc2C(=O)NC1. The smallest absolute Gasteiger partial charge is 0.257 e. The van der Waals surface area contributed by atoms with Gasteiger partial charge in [-0.15, -0.1) is 0 Å². The largest absolute Gasteiger partial charge is 0.493 e. The summed E-state index contributed by atoms with van der Waals surface area (Å²) in [6, 6.07) is 12.1. The lowest BCUT2D eigenvalue weighted by atomic mass is 10.1. The normalized spacial score (nSPS) is 15.7. The van der Waals surface area contributed by atoms with Gasteiger partial charge in [0.15, 0.2) is 23.0 Å². The fourth-order valence-electron chi connectivity index (χ4n) is 8.38. The van der Waals surface area contributed by atoms with Gasteiger partial charge >= 0.3 is 0 Å². The van der Waals surface area contributed by atoms with Crippen molar-refractivity contribution in [3.05, 3.63) is 107 Å². The average molecular weight is 1070 g/mol. The zero-order chi connectivity index (χ0) is 55.2. The Bertz CT molecular complexity index is 2830. The first-order chi connectivity index (χ1) is 37.9. The Balaban J connectivity index is 0.868. The molecule has 7 rings (SSSR count). The molecule has 0 aromatic heterocycles. The number of fused-ring (bicyclic) bond motifs is 3. The second-order valence-electron chi connectivity index (χ2n) is 18.2. The number of benzene rings is 3. The molecular weight excluding hydrogens is 1010 g/mol. The number of nitrogens with zero attached hydrogens (tertiary/aromatic N) is 4. The van der Waals surface area contributed by atoms with Gasteiger partial charge in [0.05, 0.1) is 102 Å². The summed E-state index contributed by atoms with van der Waals surface area (Å²) >= 11 is 0. The van der Waals surface area contributed by atoms with E-state index >= 15 is 0 Å². The summed E-state index contributed by atoms with van der Waals surface area (Å²) in [6.45, 7) is 11.9. The van der Waals surface area contributed by atoms with Gasteiger partial charge in [0.1, 0.15) is 13.2 Å². The van der Waals surface area contributed by atoms with Crippen molar-refractivity contribution >= 4 is 59.2 Å². The van der Waals surface area contributed by atoms with Crippen LogP contribution < -0.4 is 34.9 Å². The number of rotatable bonds is 27. The topological polar surface area (TPSA) is 244 Å². The monoisotopic (exact) mass is 1070 g/mol. The number of methoxy groups -OCH3 is 2. The highest BCUT2D eigenvalue weighted by Crippen LogP contribution is 2.39. The predicted molar refractivity (Wildman–Crippen MR) is 288 cm³/mol. The second-order valence-corrected chi connectivity index (χ2v) is 18.2. The van der Waals surface area contributed by atoms with E-state index in [0.29, 0.717) is 123 Å². The van der Waals surface area contributed by atoms with Crippen molar-refractivity contribution in [1.29, 1.82) is 0 Å². The minimum absolute atomic E-state index is 0.0174. The van der Waals surface area contributed by atoms with E-state index in [-0.39, 0.29) is 88.6 Å². The number of amides is 6. The van der Waals surface area contributed by atoms with Crippen molar-refractivity contribution in [3.8, 4) is 34.8 Å². The van der Waals surface area contributed by atoms with Crippen molar-refractivity contribution in [2.45, 2.75) is 51.4 Å². The maximum atomic E-state index is 13.6. The van der Waals surface area contributed by atoms with Crippen LogP contribution in [-0.2, 0) is 51.3 Å². The standard InChI is InChI=1S/C57H65N7O14/c1-38-7-5-13-58-46-31-50(48(71-3)29-44(46)56(69)62-33-38)77-36-41-26-40(27-42(28-41)37-78-51-32-47-45(30-49(51)72-4)57(70)64-35-39(2)25-43(64)34-61-47)8-6-14-59-53(66)12-17-73-19-21-75-23-24-76-22-20-74-18-15-60-52(65)11-16-63-54(67)9-10-55(63)68/h9-10,13,26-32,34,43H,1-2,5,7,11-12,14-25,33,35-37H2,3-4H3,(H,59,66)(H,60,65)(H,62,69)/t43-/m0/s1. The van der Waals surface area contributed by atoms with Crippen LogP contribution in [0.5, 0.6) is 23.0 Å². The Morgan fingerprint density at radius 1 is 0.705 bits per heavy atom. The second kappa shape index (κ2) is 29.4. The molecule has 1 saturated heterocycles. The summed E-state index contributed by atoms with van der Waals surface area (Å²) < 4.78 is 46.1. The van der Waals surface area contributed by atoms with Gasteiger partial charge in [-0.3, -0.25) is 43.7 Å². The minimum atomic E-state index is -0.421. The van der Waals surface area contributed by atoms with E-state index in [4.69, 9.17) is 37.9 Å². The number of hydrogen-bond donors (Lipinski definition) is 3. The van der Waals surface area contributed by atoms with Crippen molar-refractivity contribution in [3.63, 3.8) is 0 Å². The molecule has 3 aromatic rings. The van der Waals surface area contributed by atoms with Gasteiger partial charge in [0.25, 0.3) is 23.6 Å². The first-order valence-corrected chi connectivity index (χ1v) is 25.6. The molecule has 21 heteroatoms. The molecule has 412 valence electrons. The Hall–Kier alpha value is -8.16. The summed E-state index contributed by atoms with van der Waals surface area (Å²) in [7, 11) is 3.01. The third-order valence-electron chi connectivity index (χ3n) is 12.4. The van der Waals surface area contributed by atoms with E-state index in [0.717, 1.165) is 27.2 Å². The summed E-state index contributed by atoms with van der Waals surface area (Å²) in [5.41, 5.74) is 5.62. The molecule has 0 saturated carbocycles. The number of nitrogens with one attached hydrogen (secondary N) is 3. The van der Waals surface area contributed by atoms with Gasteiger partial charge in [-0.05, 0) is 60.7 Å². The van der Waals surface area contributed by atoms with E-state index in [1.165, 1.54) is 26.4 Å². The van der Waals surface area contributed by atoms with E-state index in [2.05, 4.69) is 50.9 Å². The highest BCUT2D eigenvalue weighted by atomic mass is 16.6. The third kappa shape index (κ3) is 16.9. The van der Waals surface area contributed by atoms with Crippen molar-refractivity contribution < 1.29 is 66.7 Å². The van der Waals surface area contributed by atoms with Crippen molar-refractivity contribution in [2.24, 2.45) is 9.98 Å². The molecule has 0 spiro atoms. The van der Waals surface area contributed by atoms with E-state index in [1.54, 1.807) is 41.6 Å². The number of carbonyl (C=O) groups is 6. The van der Waals surface area contributed by atoms with Gasteiger partial charge in [-0.2, -0.15) is 0 Å². The highest BCUT2D eigenvalue weighted by molar-refractivity contribution is 6.13. The molecule has 0 unspecified atom stereocenters. The number of ether oxygens (including phenoxy) is 8. The molecule has 0 bridgehead atoms. The highest BCUT2D eigenvalue weighted by Gasteiger charge is 2.34. The molecule has 3 aromatic carbocycles.